The van der Waals surface area contributed by atoms with Gasteiger partial charge < -0.3 is 10.6 Å². The maximum atomic E-state index is 13.7. The van der Waals surface area contributed by atoms with Crippen LogP contribution < -0.4 is 10.6 Å². The summed E-state index contributed by atoms with van der Waals surface area (Å²) in [6.07, 6.45) is 1.64. The lowest BCUT2D eigenvalue weighted by Gasteiger charge is -2.21. The van der Waals surface area contributed by atoms with E-state index in [1.54, 1.807) is 32.2 Å². The van der Waals surface area contributed by atoms with Crippen LogP contribution in [0.5, 0.6) is 0 Å². The Balaban J connectivity index is 2.11. The molecule has 2 N–H and O–H groups in total. The van der Waals surface area contributed by atoms with E-state index in [1.807, 2.05) is 13.0 Å². The first-order valence-corrected chi connectivity index (χ1v) is 7.67. The average molecular weight is 329 g/mol. The molecule has 6 heteroatoms. The summed E-state index contributed by atoms with van der Waals surface area (Å²) in [5, 5.41) is 5.25. The molecule has 0 unspecified atom stereocenters. The first-order valence-electron chi connectivity index (χ1n) is 7.67. The monoisotopic (exact) mass is 329 g/mol. The number of pyridine rings is 1. The van der Waals surface area contributed by atoms with Gasteiger partial charge in [0.2, 0.25) is 5.91 Å². The SMILES string of the molecule is Cc1ccc(NC(=O)[C@@H](NC(=O)c2ccccc2F)C(C)C)nc1. The summed E-state index contributed by atoms with van der Waals surface area (Å²) in [7, 11) is 0. The molecule has 5 nitrogen and oxygen atoms in total. The van der Waals surface area contributed by atoms with Gasteiger partial charge in [0, 0.05) is 6.20 Å². The molecule has 0 saturated heterocycles. The zero-order valence-electron chi connectivity index (χ0n) is 13.8. The van der Waals surface area contributed by atoms with Crippen molar-refractivity contribution >= 4 is 17.6 Å². The molecule has 2 amide bonds. The van der Waals surface area contributed by atoms with Gasteiger partial charge in [-0.25, -0.2) is 9.37 Å². The molecule has 1 aromatic heterocycles. The van der Waals surface area contributed by atoms with E-state index in [2.05, 4.69) is 15.6 Å². The minimum atomic E-state index is -0.805. The molecule has 0 saturated carbocycles. The number of benzene rings is 1. The predicted octanol–water partition coefficient (Wildman–Crippen LogP) is 2.92. The second-order valence-corrected chi connectivity index (χ2v) is 5.89. The number of nitrogens with zero attached hydrogens (tertiary/aromatic N) is 1. The van der Waals surface area contributed by atoms with Gasteiger partial charge in [-0.05, 0) is 36.6 Å². The normalized spacial score (nSPS) is 11.9. The van der Waals surface area contributed by atoms with Crippen molar-refractivity contribution in [2.75, 3.05) is 5.32 Å². The molecular formula is C18H20FN3O2. The third-order valence-electron chi connectivity index (χ3n) is 3.52. The average Bonchev–Trinajstić information content (AvgIpc) is 2.54. The van der Waals surface area contributed by atoms with Crippen LogP contribution in [0.4, 0.5) is 10.2 Å². The maximum absolute atomic E-state index is 13.7. The van der Waals surface area contributed by atoms with Gasteiger partial charge in [-0.15, -0.1) is 0 Å². The molecule has 0 spiro atoms. The lowest BCUT2D eigenvalue weighted by Crippen LogP contribution is -2.47. The number of carbonyl (C=O) groups excluding carboxylic acids is 2. The minimum absolute atomic E-state index is 0.0931. The number of carbonyl (C=O) groups is 2. The number of aromatic nitrogens is 1. The summed E-state index contributed by atoms with van der Waals surface area (Å²) < 4.78 is 13.7. The zero-order chi connectivity index (χ0) is 17.7. The van der Waals surface area contributed by atoms with E-state index in [1.165, 1.54) is 18.2 Å². The highest BCUT2D eigenvalue weighted by atomic mass is 19.1. The fourth-order valence-electron chi connectivity index (χ4n) is 2.15. The third kappa shape index (κ3) is 4.38. The minimum Gasteiger partial charge on any atom is -0.340 e. The molecule has 126 valence electrons. The zero-order valence-corrected chi connectivity index (χ0v) is 13.8. The Labute approximate surface area is 140 Å². The van der Waals surface area contributed by atoms with E-state index in [0.717, 1.165) is 5.56 Å². The topological polar surface area (TPSA) is 71.1 Å². The number of hydrogen-bond acceptors (Lipinski definition) is 3. The van der Waals surface area contributed by atoms with E-state index in [4.69, 9.17) is 0 Å². The van der Waals surface area contributed by atoms with Gasteiger partial charge >= 0.3 is 0 Å². The fraction of sp³-hybridized carbons (Fsp3) is 0.278. The number of hydrogen-bond donors (Lipinski definition) is 2. The van der Waals surface area contributed by atoms with Gasteiger partial charge in [0.25, 0.3) is 5.91 Å². The molecule has 0 radical (unpaired) electrons. The molecular weight excluding hydrogens is 309 g/mol. The van der Waals surface area contributed by atoms with Gasteiger partial charge in [0.05, 0.1) is 5.56 Å². The third-order valence-corrected chi connectivity index (χ3v) is 3.52. The second-order valence-electron chi connectivity index (χ2n) is 5.89. The predicted molar refractivity (Wildman–Crippen MR) is 90.1 cm³/mol. The highest BCUT2D eigenvalue weighted by Crippen LogP contribution is 2.11. The molecule has 1 heterocycles. The Morgan fingerprint density at radius 3 is 2.42 bits per heavy atom. The van der Waals surface area contributed by atoms with Gasteiger partial charge in [0.15, 0.2) is 0 Å². The van der Waals surface area contributed by atoms with E-state index in [-0.39, 0.29) is 11.5 Å². The highest BCUT2D eigenvalue weighted by Gasteiger charge is 2.26. The van der Waals surface area contributed by atoms with Crippen LogP contribution in [-0.2, 0) is 4.79 Å². The number of anilines is 1. The number of nitrogens with one attached hydrogen (secondary N) is 2. The van der Waals surface area contributed by atoms with E-state index in [0.29, 0.717) is 5.82 Å². The van der Waals surface area contributed by atoms with Crippen molar-refractivity contribution in [3.05, 3.63) is 59.5 Å². The number of halogens is 1. The molecule has 0 aliphatic heterocycles. The summed E-state index contributed by atoms with van der Waals surface area (Å²) >= 11 is 0. The van der Waals surface area contributed by atoms with Crippen molar-refractivity contribution in [3.63, 3.8) is 0 Å². The Morgan fingerprint density at radius 1 is 1.12 bits per heavy atom. The van der Waals surface area contributed by atoms with Crippen LogP contribution in [0.1, 0.15) is 29.8 Å². The summed E-state index contributed by atoms with van der Waals surface area (Å²) in [5.74, 6) is -1.43. The Morgan fingerprint density at radius 2 is 1.83 bits per heavy atom. The fourth-order valence-corrected chi connectivity index (χ4v) is 2.15. The molecule has 24 heavy (non-hydrogen) atoms. The van der Waals surface area contributed by atoms with E-state index >= 15 is 0 Å². The van der Waals surface area contributed by atoms with Gasteiger partial charge in [-0.2, -0.15) is 0 Å². The number of rotatable bonds is 5. The molecule has 0 fully saturated rings. The van der Waals surface area contributed by atoms with Crippen LogP contribution in [-0.4, -0.2) is 22.8 Å². The Kier molecular flexibility index (Phi) is 5.63. The highest BCUT2D eigenvalue weighted by molar-refractivity contribution is 6.01. The number of aryl methyl sites for hydroxylation is 1. The molecule has 0 aliphatic rings. The molecule has 0 bridgehead atoms. The molecule has 2 aromatic rings. The smallest absolute Gasteiger partial charge is 0.254 e. The molecule has 2 rings (SSSR count). The van der Waals surface area contributed by atoms with Gasteiger partial charge in [-0.3, -0.25) is 9.59 Å². The van der Waals surface area contributed by atoms with Crippen LogP contribution >= 0.6 is 0 Å². The largest absolute Gasteiger partial charge is 0.340 e. The Hall–Kier alpha value is -2.76. The van der Waals surface area contributed by atoms with Crippen molar-refractivity contribution in [2.24, 2.45) is 5.92 Å². The van der Waals surface area contributed by atoms with Crippen molar-refractivity contribution in [2.45, 2.75) is 26.8 Å². The summed E-state index contributed by atoms with van der Waals surface area (Å²) in [6, 6.07) is 8.35. The van der Waals surface area contributed by atoms with Crippen LogP contribution in [0.2, 0.25) is 0 Å². The molecule has 1 aromatic carbocycles. The van der Waals surface area contributed by atoms with Crippen LogP contribution in [0.25, 0.3) is 0 Å². The van der Waals surface area contributed by atoms with Gasteiger partial charge in [-0.1, -0.05) is 32.0 Å². The second kappa shape index (κ2) is 7.68. The molecule has 1 atom stereocenters. The summed E-state index contributed by atoms with van der Waals surface area (Å²) in [6.45, 7) is 5.49. The molecule has 0 aliphatic carbocycles. The van der Waals surface area contributed by atoms with Crippen molar-refractivity contribution in [1.82, 2.24) is 10.3 Å². The van der Waals surface area contributed by atoms with Crippen LogP contribution in [0, 0.1) is 18.7 Å². The number of amides is 2. The maximum Gasteiger partial charge on any atom is 0.254 e. The van der Waals surface area contributed by atoms with Gasteiger partial charge in [0.1, 0.15) is 17.7 Å². The summed E-state index contributed by atoms with van der Waals surface area (Å²) in [4.78, 5) is 28.8. The lowest BCUT2D eigenvalue weighted by molar-refractivity contribution is -0.118. The van der Waals surface area contributed by atoms with Crippen molar-refractivity contribution in [1.29, 1.82) is 0 Å². The standard InChI is InChI=1S/C18H20FN3O2/c1-11(2)16(18(24)21-15-9-8-12(3)10-20-15)22-17(23)13-6-4-5-7-14(13)19/h4-11,16H,1-3H3,(H,22,23)(H,20,21,24)/t16-/m0/s1. The Bertz CT molecular complexity index is 729. The van der Waals surface area contributed by atoms with Crippen molar-refractivity contribution in [3.8, 4) is 0 Å². The van der Waals surface area contributed by atoms with E-state index < -0.39 is 23.7 Å². The lowest BCUT2D eigenvalue weighted by atomic mass is 10.0. The summed E-state index contributed by atoms with van der Waals surface area (Å²) in [5.41, 5.74) is 0.880. The first kappa shape index (κ1) is 17.6. The van der Waals surface area contributed by atoms with E-state index in [9.17, 15) is 14.0 Å². The first-order chi connectivity index (χ1) is 11.4. The van der Waals surface area contributed by atoms with Crippen molar-refractivity contribution < 1.29 is 14.0 Å². The van der Waals surface area contributed by atoms with Crippen LogP contribution in [0.3, 0.4) is 0 Å². The quantitative estimate of drug-likeness (QED) is 0.886. The van der Waals surface area contributed by atoms with Crippen LogP contribution in [0.15, 0.2) is 42.6 Å².